The SMILES string of the molecule is CCNC1CCCC1CN(CCOC)C(C)COC. The molecular formula is C15H32N2O2. The Morgan fingerprint density at radius 1 is 1.26 bits per heavy atom. The van der Waals surface area contributed by atoms with E-state index in [1.165, 1.54) is 19.3 Å². The van der Waals surface area contributed by atoms with Crippen LogP contribution in [0.25, 0.3) is 0 Å². The van der Waals surface area contributed by atoms with Gasteiger partial charge in [-0.1, -0.05) is 13.3 Å². The fraction of sp³-hybridized carbons (Fsp3) is 1.00. The van der Waals surface area contributed by atoms with Crippen LogP contribution in [0, 0.1) is 5.92 Å². The molecule has 19 heavy (non-hydrogen) atoms. The fourth-order valence-electron chi connectivity index (χ4n) is 3.13. The molecule has 0 amide bonds. The molecule has 3 atom stereocenters. The second-order valence-corrected chi connectivity index (χ2v) is 5.65. The monoisotopic (exact) mass is 272 g/mol. The summed E-state index contributed by atoms with van der Waals surface area (Å²) in [7, 11) is 3.55. The lowest BCUT2D eigenvalue weighted by molar-refractivity contribution is 0.0626. The third-order valence-corrected chi connectivity index (χ3v) is 4.21. The summed E-state index contributed by atoms with van der Waals surface area (Å²) in [6, 6.07) is 1.16. The van der Waals surface area contributed by atoms with Crippen LogP contribution in [0.5, 0.6) is 0 Å². The summed E-state index contributed by atoms with van der Waals surface area (Å²) in [4.78, 5) is 2.52. The lowest BCUT2D eigenvalue weighted by Crippen LogP contribution is -2.45. The molecule has 0 saturated heterocycles. The van der Waals surface area contributed by atoms with E-state index in [2.05, 4.69) is 24.1 Å². The number of nitrogens with zero attached hydrogens (tertiary/aromatic N) is 1. The Labute approximate surface area is 118 Å². The topological polar surface area (TPSA) is 33.7 Å². The minimum absolute atomic E-state index is 0.461. The predicted octanol–water partition coefficient (Wildman–Crippen LogP) is 1.75. The molecule has 114 valence electrons. The van der Waals surface area contributed by atoms with E-state index < -0.39 is 0 Å². The van der Waals surface area contributed by atoms with Gasteiger partial charge in [-0.15, -0.1) is 0 Å². The standard InChI is InChI=1S/C15H32N2O2/c1-5-16-15-8-6-7-14(15)11-17(9-10-18-3)13(2)12-19-4/h13-16H,5-12H2,1-4H3. The Bertz CT molecular complexity index is 226. The zero-order valence-corrected chi connectivity index (χ0v) is 13.2. The van der Waals surface area contributed by atoms with E-state index >= 15 is 0 Å². The molecule has 1 N–H and O–H groups in total. The first-order valence-corrected chi connectivity index (χ1v) is 7.68. The van der Waals surface area contributed by atoms with Crippen LogP contribution in [0.15, 0.2) is 0 Å². The highest BCUT2D eigenvalue weighted by Gasteiger charge is 2.29. The van der Waals surface area contributed by atoms with Crippen molar-refractivity contribution in [3.05, 3.63) is 0 Å². The second kappa shape index (κ2) is 9.70. The summed E-state index contributed by atoms with van der Waals surface area (Å²) in [6.45, 7) is 9.27. The minimum atomic E-state index is 0.461. The average molecular weight is 272 g/mol. The quantitative estimate of drug-likeness (QED) is 0.657. The van der Waals surface area contributed by atoms with Gasteiger partial charge in [-0.05, 0) is 32.2 Å². The Morgan fingerprint density at radius 2 is 2.05 bits per heavy atom. The average Bonchev–Trinajstić information content (AvgIpc) is 2.82. The summed E-state index contributed by atoms with van der Waals surface area (Å²) >= 11 is 0. The van der Waals surface area contributed by atoms with Crippen molar-refractivity contribution in [2.75, 3.05) is 47.1 Å². The number of rotatable bonds is 10. The van der Waals surface area contributed by atoms with Gasteiger partial charge in [0.25, 0.3) is 0 Å². The van der Waals surface area contributed by atoms with Crippen LogP contribution in [0.4, 0.5) is 0 Å². The van der Waals surface area contributed by atoms with Crippen LogP contribution in [0.2, 0.25) is 0 Å². The van der Waals surface area contributed by atoms with Crippen LogP contribution in [-0.2, 0) is 9.47 Å². The van der Waals surface area contributed by atoms with Crippen molar-refractivity contribution in [2.45, 2.75) is 45.2 Å². The van der Waals surface area contributed by atoms with Crippen molar-refractivity contribution in [1.82, 2.24) is 10.2 Å². The number of nitrogens with one attached hydrogen (secondary N) is 1. The maximum absolute atomic E-state index is 5.31. The molecule has 0 aromatic rings. The van der Waals surface area contributed by atoms with Crippen molar-refractivity contribution in [1.29, 1.82) is 0 Å². The van der Waals surface area contributed by atoms with Gasteiger partial charge < -0.3 is 14.8 Å². The molecule has 1 aliphatic rings. The maximum Gasteiger partial charge on any atom is 0.0615 e. The molecular weight excluding hydrogens is 240 g/mol. The molecule has 0 heterocycles. The van der Waals surface area contributed by atoms with E-state index in [9.17, 15) is 0 Å². The first-order valence-electron chi connectivity index (χ1n) is 7.68. The fourth-order valence-corrected chi connectivity index (χ4v) is 3.13. The highest BCUT2D eigenvalue weighted by molar-refractivity contribution is 4.86. The van der Waals surface area contributed by atoms with E-state index in [0.717, 1.165) is 38.8 Å². The predicted molar refractivity (Wildman–Crippen MR) is 79.6 cm³/mol. The van der Waals surface area contributed by atoms with E-state index in [1.807, 2.05) is 0 Å². The number of hydrogen-bond donors (Lipinski definition) is 1. The van der Waals surface area contributed by atoms with Crippen LogP contribution < -0.4 is 5.32 Å². The van der Waals surface area contributed by atoms with E-state index in [-0.39, 0.29) is 0 Å². The summed E-state index contributed by atoms with van der Waals surface area (Å²) in [5, 5.41) is 3.64. The smallest absolute Gasteiger partial charge is 0.0615 e. The first-order chi connectivity index (χ1) is 9.22. The molecule has 0 spiro atoms. The Hall–Kier alpha value is -0.160. The highest BCUT2D eigenvalue weighted by Crippen LogP contribution is 2.27. The molecule has 1 rings (SSSR count). The first kappa shape index (κ1) is 16.9. The minimum Gasteiger partial charge on any atom is -0.383 e. The zero-order chi connectivity index (χ0) is 14.1. The van der Waals surface area contributed by atoms with Crippen molar-refractivity contribution in [3.8, 4) is 0 Å². The van der Waals surface area contributed by atoms with Crippen LogP contribution in [-0.4, -0.2) is 64.1 Å². The summed E-state index contributed by atoms with van der Waals surface area (Å²) in [5.41, 5.74) is 0. The van der Waals surface area contributed by atoms with Gasteiger partial charge in [0, 0.05) is 39.4 Å². The molecule has 1 aliphatic carbocycles. The van der Waals surface area contributed by atoms with Gasteiger partial charge in [-0.25, -0.2) is 0 Å². The van der Waals surface area contributed by atoms with Crippen LogP contribution in [0.1, 0.15) is 33.1 Å². The van der Waals surface area contributed by atoms with E-state index in [0.29, 0.717) is 12.1 Å². The van der Waals surface area contributed by atoms with Gasteiger partial charge in [0.15, 0.2) is 0 Å². The third-order valence-electron chi connectivity index (χ3n) is 4.21. The largest absolute Gasteiger partial charge is 0.383 e. The Balaban J connectivity index is 2.49. The van der Waals surface area contributed by atoms with Crippen molar-refractivity contribution < 1.29 is 9.47 Å². The van der Waals surface area contributed by atoms with Crippen LogP contribution in [0.3, 0.4) is 0 Å². The van der Waals surface area contributed by atoms with E-state index in [1.54, 1.807) is 14.2 Å². The number of methoxy groups -OCH3 is 2. The van der Waals surface area contributed by atoms with Crippen molar-refractivity contribution >= 4 is 0 Å². The number of ether oxygens (including phenoxy) is 2. The Kier molecular flexibility index (Phi) is 8.62. The van der Waals surface area contributed by atoms with Gasteiger partial charge in [-0.2, -0.15) is 0 Å². The molecule has 1 saturated carbocycles. The van der Waals surface area contributed by atoms with Crippen LogP contribution >= 0.6 is 0 Å². The third kappa shape index (κ3) is 5.78. The summed E-state index contributed by atoms with van der Waals surface area (Å²) in [6.07, 6.45) is 4.04. The van der Waals surface area contributed by atoms with Gasteiger partial charge >= 0.3 is 0 Å². The lowest BCUT2D eigenvalue weighted by atomic mass is 10.0. The lowest BCUT2D eigenvalue weighted by Gasteiger charge is -2.33. The summed E-state index contributed by atoms with van der Waals surface area (Å²) < 4.78 is 10.5. The van der Waals surface area contributed by atoms with Gasteiger partial charge in [0.05, 0.1) is 13.2 Å². The second-order valence-electron chi connectivity index (χ2n) is 5.65. The Morgan fingerprint density at radius 3 is 2.68 bits per heavy atom. The molecule has 4 heteroatoms. The molecule has 3 unspecified atom stereocenters. The maximum atomic E-state index is 5.31. The van der Waals surface area contributed by atoms with Gasteiger partial charge in [-0.3, -0.25) is 4.90 Å². The van der Waals surface area contributed by atoms with Crippen molar-refractivity contribution in [3.63, 3.8) is 0 Å². The summed E-state index contributed by atoms with van der Waals surface area (Å²) in [5.74, 6) is 0.774. The van der Waals surface area contributed by atoms with E-state index in [4.69, 9.17) is 9.47 Å². The molecule has 0 aromatic carbocycles. The van der Waals surface area contributed by atoms with Crippen molar-refractivity contribution in [2.24, 2.45) is 5.92 Å². The van der Waals surface area contributed by atoms with Gasteiger partial charge in [0.2, 0.25) is 0 Å². The normalized spacial score (nSPS) is 25.1. The zero-order valence-electron chi connectivity index (χ0n) is 13.2. The highest BCUT2D eigenvalue weighted by atomic mass is 16.5. The number of hydrogen-bond acceptors (Lipinski definition) is 4. The molecule has 0 aliphatic heterocycles. The molecule has 0 aromatic heterocycles. The van der Waals surface area contributed by atoms with Gasteiger partial charge in [0.1, 0.15) is 0 Å². The molecule has 1 fully saturated rings. The molecule has 0 bridgehead atoms. The molecule has 4 nitrogen and oxygen atoms in total. The molecule has 0 radical (unpaired) electrons.